The van der Waals surface area contributed by atoms with E-state index in [2.05, 4.69) is 0 Å². The molecule has 7 heteroatoms. The molecule has 0 saturated heterocycles. The van der Waals surface area contributed by atoms with Crippen LogP contribution in [-0.2, 0) is 21.5 Å². The summed E-state index contributed by atoms with van der Waals surface area (Å²) in [4.78, 5) is 14.9. The van der Waals surface area contributed by atoms with Crippen molar-refractivity contribution in [2.75, 3.05) is 7.11 Å². The first kappa shape index (κ1) is 22.2. The van der Waals surface area contributed by atoms with Crippen molar-refractivity contribution in [3.05, 3.63) is 54.1 Å². The van der Waals surface area contributed by atoms with Gasteiger partial charge in [0.2, 0.25) is 5.91 Å². The van der Waals surface area contributed by atoms with Crippen molar-refractivity contribution in [2.45, 2.75) is 57.0 Å². The average molecular weight is 432 g/mol. The van der Waals surface area contributed by atoms with Gasteiger partial charge in [0, 0.05) is 24.1 Å². The Balaban J connectivity index is 1.84. The molecule has 0 bridgehead atoms. The van der Waals surface area contributed by atoms with Gasteiger partial charge < -0.3 is 13.8 Å². The van der Waals surface area contributed by atoms with Gasteiger partial charge in [-0.05, 0) is 56.5 Å². The highest BCUT2D eigenvalue weighted by Crippen LogP contribution is 2.31. The molecule has 2 aromatic rings. The van der Waals surface area contributed by atoms with Gasteiger partial charge in [-0.25, -0.2) is 0 Å². The zero-order valence-corrected chi connectivity index (χ0v) is 18.5. The summed E-state index contributed by atoms with van der Waals surface area (Å²) in [6.07, 6.45) is 3.77. The Hall–Kier alpha value is -2.54. The number of hydrogen-bond donors (Lipinski definition) is 0. The summed E-state index contributed by atoms with van der Waals surface area (Å²) in [5, 5.41) is 0. The fourth-order valence-electron chi connectivity index (χ4n) is 3.37. The second-order valence-electron chi connectivity index (χ2n) is 7.67. The number of benzene rings is 2. The van der Waals surface area contributed by atoms with Crippen molar-refractivity contribution in [2.24, 2.45) is 5.92 Å². The van der Waals surface area contributed by atoms with Crippen LogP contribution in [0.25, 0.3) is 0 Å². The molecule has 6 nitrogen and oxygen atoms in total. The summed E-state index contributed by atoms with van der Waals surface area (Å²) in [7, 11) is -2.49. The standard InChI is InChI=1S/C23H29NO5S/c1-4-17(2)24(23(25)18-9-7-10-18)16-19-8-5-6-11-22(19)29-30(26,27)21-14-12-20(28-3)13-15-21/h5-6,8,11-15,17-18H,4,7,9-10,16H2,1-3H3. The first-order chi connectivity index (χ1) is 14.4. The highest BCUT2D eigenvalue weighted by molar-refractivity contribution is 7.87. The molecule has 1 amide bonds. The number of nitrogens with zero attached hydrogens (tertiary/aromatic N) is 1. The smallest absolute Gasteiger partial charge is 0.339 e. The molecule has 1 atom stereocenters. The number of carbonyl (C=O) groups is 1. The normalized spacial score (nSPS) is 15.2. The third-order valence-electron chi connectivity index (χ3n) is 5.72. The maximum atomic E-state index is 13.0. The Morgan fingerprint density at radius 3 is 2.37 bits per heavy atom. The van der Waals surface area contributed by atoms with Gasteiger partial charge in [-0.1, -0.05) is 31.5 Å². The van der Waals surface area contributed by atoms with Gasteiger partial charge in [-0.2, -0.15) is 8.42 Å². The lowest BCUT2D eigenvalue weighted by Crippen LogP contribution is -2.43. The van der Waals surface area contributed by atoms with Crippen LogP contribution in [-0.4, -0.2) is 32.4 Å². The van der Waals surface area contributed by atoms with E-state index < -0.39 is 10.1 Å². The summed E-state index contributed by atoms with van der Waals surface area (Å²) in [6, 6.07) is 13.1. The second kappa shape index (κ2) is 9.51. The topological polar surface area (TPSA) is 72.9 Å². The number of hydrogen-bond acceptors (Lipinski definition) is 5. The van der Waals surface area contributed by atoms with Crippen molar-refractivity contribution < 1.29 is 22.1 Å². The van der Waals surface area contributed by atoms with Crippen LogP contribution >= 0.6 is 0 Å². The minimum atomic E-state index is -4.01. The van der Waals surface area contributed by atoms with E-state index in [1.807, 2.05) is 30.9 Å². The van der Waals surface area contributed by atoms with Crippen LogP contribution in [0.2, 0.25) is 0 Å². The number of ether oxygens (including phenoxy) is 1. The Kier molecular flexibility index (Phi) is 7.02. The minimum absolute atomic E-state index is 0.0439. The lowest BCUT2D eigenvalue weighted by Gasteiger charge is -2.35. The molecule has 0 spiro atoms. The molecule has 0 heterocycles. The Morgan fingerprint density at radius 1 is 1.13 bits per heavy atom. The summed E-state index contributed by atoms with van der Waals surface area (Å²) in [5.74, 6) is 1.02. The monoisotopic (exact) mass is 431 g/mol. The van der Waals surface area contributed by atoms with E-state index in [1.165, 1.54) is 19.2 Å². The summed E-state index contributed by atoms with van der Waals surface area (Å²) >= 11 is 0. The van der Waals surface area contributed by atoms with Crippen molar-refractivity contribution in [1.82, 2.24) is 4.90 Å². The number of rotatable bonds is 9. The molecule has 0 aromatic heterocycles. The van der Waals surface area contributed by atoms with Gasteiger partial charge in [0.05, 0.1) is 7.11 Å². The number of amides is 1. The molecule has 0 radical (unpaired) electrons. The van der Waals surface area contributed by atoms with E-state index in [9.17, 15) is 13.2 Å². The second-order valence-corrected chi connectivity index (χ2v) is 9.22. The molecule has 1 aliphatic rings. The van der Waals surface area contributed by atoms with Gasteiger partial charge in [0.15, 0.2) is 0 Å². The zero-order valence-electron chi connectivity index (χ0n) is 17.7. The first-order valence-electron chi connectivity index (χ1n) is 10.3. The van der Waals surface area contributed by atoms with Gasteiger partial charge in [0.25, 0.3) is 0 Å². The van der Waals surface area contributed by atoms with E-state index in [1.54, 1.807) is 24.3 Å². The SMILES string of the molecule is CCC(C)N(Cc1ccccc1OS(=O)(=O)c1ccc(OC)cc1)C(=O)C1CCC1. The number of para-hydroxylation sites is 1. The zero-order chi connectivity index (χ0) is 21.7. The maximum absolute atomic E-state index is 13.0. The molecule has 0 aliphatic heterocycles. The molecule has 2 aromatic carbocycles. The molecule has 3 rings (SSSR count). The molecule has 0 N–H and O–H groups in total. The fraction of sp³-hybridized carbons (Fsp3) is 0.435. The van der Waals surface area contributed by atoms with E-state index in [0.717, 1.165) is 25.7 Å². The van der Waals surface area contributed by atoms with Crippen LogP contribution in [0, 0.1) is 5.92 Å². The van der Waals surface area contributed by atoms with Crippen molar-refractivity contribution in [1.29, 1.82) is 0 Å². The third kappa shape index (κ3) is 4.95. The number of carbonyl (C=O) groups excluding carboxylic acids is 1. The lowest BCUT2D eigenvalue weighted by atomic mass is 9.84. The van der Waals surface area contributed by atoms with Crippen molar-refractivity contribution in [3.63, 3.8) is 0 Å². The first-order valence-corrected chi connectivity index (χ1v) is 11.7. The van der Waals surface area contributed by atoms with E-state index in [-0.39, 0.29) is 28.5 Å². The molecular weight excluding hydrogens is 402 g/mol. The molecule has 1 saturated carbocycles. The van der Waals surface area contributed by atoms with E-state index in [0.29, 0.717) is 17.9 Å². The molecule has 162 valence electrons. The predicted molar refractivity (Wildman–Crippen MR) is 115 cm³/mol. The van der Waals surface area contributed by atoms with Crippen LogP contribution < -0.4 is 8.92 Å². The average Bonchev–Trinajstić information content (AvgIpc) is 2.71. The van der Waals surface area contributed by atoms with Crippen molar-refractivity contribution >= 4 is 16.0 Å². The minimum Gasteiger partial charge on any atom is -0.497 e. The quantitative estimate of drug-likeness (QED) is 0.551. The van der Waals surface area contributed by atoms with Crippen LogP contribution in [0.5, 0.6) is 11.5 Å². The third-order valence-corrected chi connectivity index (χ3v) is 6.97. The van der Waals surface area contributed by atoms with Crippen LogP contribution in [0.4, 0.5) is 0 Å². The Labute approximate surface area is 178 Å². The van der Waals surface area contributed by atoms with Crippen LogP contribution in [0.15, 0.2) is 53.4 Å². The molecule has 1 aliphatic carbocycles. The van der Waals surface area contributed by atoms with Crippen molar-refractivity contribution in [3.8, 4) is 11.5 Å². The Bertz CT molecular complexity index is 967. The predicted octanol–water partition coefficient (Wildman–Crippen LogP) is 4.39. The fourth-order valence-corrected chi connectivity index (χ4v) is 4.33. The summed E-state index contributed by atoms with van der Waals surface area (Å²) in [6.45, 7) is 4.38. The highest BCUT2D eigenvalue weighted by atomic mass is 32.2. The molecule has 30 heavy (non-hydrogen) atoms. The van der Waals surface area contributed by atoms with Gasteiger partial charge >= 0.3 is 10.1 Å². The molecular formula is C23H29NO5S. The lowest BCUT2D eigenvalue weighted by molar-refractivity contribution is -0.141. The largest absolute Gasteiger partial charge is 0.497 e. The van der Waals surface area contributed by atoms with Gasteiger partial charge in [0.1, 0.15) is 16.4 Å². The van der Waals surface area contributed by atoms with Gasteiger partial charge in [-0.3, -0.25) is 4.79 Å². The molecule has 1 unspecified atom stereocenters. The summed E-state index contributed by atoms with van der Waals surface area (Å²) < 4.78 is 36.1. The van der Waals surface area contributed by atoms with Crippen LogP contribution in [0.1, 0.15) is 45.1 Å². The number of methoxy groups -OCH3 is 1. The van der Waals surface area contributed by atoms with E-state index >= 15 is 0 Å². The van der Waals surface area contributed by atoms with E-state index in [4.69, 9.17) is 8.92 Å². The maximum Gasteiger partial charge on any atom is 0.339 e. The van der Waals surface area contributed by atoms with Crippen LogP contribution in [0.3, 0.4) is 0 Å². The molecule has 1 fully saturated rings. The Morgan fingerprint density at radius 2 is 1.80 bits per heavy atom. The highest BCUT2D eigenvalue weighted by Gasteiger charge is 2.32. The van der Waals surface area contributed by atoms with Gasteiger partial charge in [-0.15, -0.1) is 0 Å². The summed E-state index contributed by atoms with van der Waals surface area (Å²) in [5.41, 5.74) is 0.669.